The molecule has 1 heterocycles. The van der Waals surface area contributed by atoms with Crippen molar-refractivity contribution in [2.24, 2.45) is 0 Å². The zero-order chi connectivity index (χ0) is 13.8. The third-order valence-electron chi connectivity index (χ3n) is 2.39. The van der Waals surface area contributed by atoms with Crippen molar-refractivity contribution in [2.45, 2.75) is 10.8 Å². The summed E-state index contributed by atoms with van der Waals surface area (Å²) in [6, 6.07) is 7.28. The Morgan fingerprint density at radius 3 is 2.84 bits per heavy atom. The van der Waals surface area contributed by atoms with Gasteiger partial charge in [0, 0.05) is 11.9 Å². The molecule has 0 bridgehead atoms. The minimum atomic E-state index is -1.15. The lowest BCUT2D eigenvalue weighted by molar-refractivity contribution is 0.0696. The van der Waals surface area contributed by atoms with E-state index in [1.54, 1.807) is 18.3 Å². The second-order valence-corrected chi connectivity index (χ2v) is 5.06. The summed E-state index contributed by atoms with van der Waals surface area (Å²) in [7, 11) is 0. The number of benzene rings is 1. The van der Waals surface area contributed by atoms with Crippen LogP contribution in [0.3, 0.4) is 0 Å². The van der Waals surface area contributed by atoms with Crippen LogP contribution in [0.2, 0.25) is 5.02 Å². The van der Waals surface area contributed by atoms with Gasteiger partial charge in [-0.25, -0.2) is 14.2 Å². The van der Waals surface area contributed by atoms with E-state index in [1.165, 1.54) is 23.9 Å². The number of rotatable bonds is 4. The summed E-state index contributed by atoms with van der Waals surface area (Å²) >= 11 is 7.24. The van der Waals surface area contributed by atoms with Crippen LogP contribution in [0.15, 0.2) is 41.6 Å². The number of aromatic nitrogens is 1. The lowest BCUT2D eigenvalue weighted by Crippen LogP contribution is -1.98. The first kappa shape index (κ1) is 13.8. The number of aromatic carboxylic acids is 1. The molecule has 0 aliphatic rings. The molecule has 1 N–H and O–H groups in total. The topological polar surface area (TPSA) is 50.2 Å². The monoisotopic (exact) mass is 297 g/mol. The molecule has 2 rings (SSSR count). The highest BCUT2D eigenvalue weighted by Crippen LogP contribution is 2.28. The summed E-state index contributed by atoms with van der Waals surface area (Å²) in [6.45, 7) is 0. The maximum absolute atomic E-state index is 13.7. The lowest BCUT2D eigenvalue weighted by atomic mass is 10.1. The van der Waals surface area contributed by atoms with Crippen molar-refractivity contribution in [3.8, 4) is 0 Å². The Hall–Kier alpha value is -1.59. The van der Waals surface area contributed by atoms with E-state index >= 15 is 0 Å². The van der Waals surface area contributed by atoms with Crippen LogP contribution in [0.4, 0.5) is 4.39 Å². The summed E-state index contributed by atoms with van der Waals surface area (Å²) in [5.41, 5.74) is 0.346. The number of thioether (sulfide) groups is 1. The standard InChI is InChI=1S/C13H9ClFNO2S/c14-10-2-1-5-16-12(10)19-7-9-4-3-8(13(17)18)6-11(9)15/h1-6H,7H2,(H,17,18). The van der Waals surface area contributed by atoms with Crippen LogP contribution in [0, 0.1) is 5.82 Å². The number of carboxylic acids is 1. The Bertz CT molecular complexity index is 621. The van der Waals surface area contributed by atoms with Crippen molar-refractivity contribution in [2.75, 3.05) is 0 Å². The third-order valence-corrected chi connectivity index (χ3v) is 3.86. The van der Waals surface area contributed by atoms with E-state index in [9.17, 15) is 9.18 Å². The Balaban J connectivity index is 2.12. The van der Waals surface area contributed by atoms with Crippen LogP contribution in [-0.4, -0.2) is 16.1 Å². The number of hydrogen-bond donors (Lipinski definition) is 1. The summed E-state index contributed by atoms with van der Waals surface area (Å²) < 4.78 is 13.7. The van der Waals surface area contributed by atoms with Crippen molar-refractivity contribution >= 4 is 29.3 Å². The van der Waals surface area contributed by atoms with E-state index in [0.29, 0.717) is 21.4 Å². The van der Waals surface area contributed by atoms with E-state index in [0.717, 1.165) is 6.07 Å². The second kappa shape index (κ2) is 6.04. The van der Waals surface area contributed by atoms with Gasteiger partial charge in [0.05, 0.1) is 10.6 Å². The molecule has 0 aliphatic heterocycles. The van der Waals surface area contributed by atoms with E-state index in [1.807, 2.05) is 0 Å². The van der Waals surface area contributed by atoms with Gasteiger partial charge in [-0.15, -0.1) is 11.8 Å². The van der Waals surface area contributed by atoms with Gasteiger partial charge in [0.1, 0.15) is 10.8 Å². The Morgan fingerprint density at radius 2 is 2.21 bits per heavy atom. The maximum atomic E-state index is 13.7. The number of hydrogen-bond acceptors (Lipinski definition) is 3. The predicted molar refractivity (Wildman–Crippen MR) is 72.2 cm³/mol. The molecule has 0 saturated heterocycles. The summed E-state index contributed by atoms with van der Waals surface area (Å²) in [5, 5.41) is 9.87. The fraction of sp³-hybridized carbons (Fsp3) is 0.0769. The maximum Gasteiger partial charge on any atom is 0.335 e. The molecule has 0 spiro atoms. The largest absolute Gasteiger partial charge is 0.478 e. The number of carbonyl (C=O) groups is 1. The molecule has 1 aromatic heterocycles. The van der Waals surface area contributed by atoms with Gasteiger partial charge in [-0.1, -0.05) is 17.7 Å². The molecule has 0 unspecified atom stereocenters. The molecular weight excluding hydrogens is 289 g/mol. The van der Waals surface area contributed by atoms with Crippen molar-refractivity contribution in [3.63, 3.8) is 0 Å². The average molecular weight is 298 g/mol. The normalized spacial score (nSPS) is 10.4. The van der Waals surface area contributed by atoms with Crippen LogP contribution in [0.25, 0.3) is 0 Å². The number of carboxylic acid groups (broad SMARTS) is 1. The Kier molecular flexibility index (Phi) is 4.39. The second-order valence-electron chi connectivity index (χ2n) is 3.69. The molecule has 98 valence electrons. The highest BCUT2D eigenvalue weighted by Gasteiger charge is 2.09. The van der Waals surface area contributed by atoms with Crippen LogP contribution >= 0.6 is 23.4 Å². The number of halogens is 2. The van der Waals surface area contributed by atoms with E-state index in [-0.39, 0.29) is 5.56 Å². The molecule has 19 heavy (non-hydrogen) atoms. The van der Waals surface area contributed by atoms with Gasteiger partial charge in [0.2, 0.25) is 0 Å². The molecule has 0 radical (unpaired) electrons. The summed E-state index contributed by atoms with van der Waals surface area (Å²) in [6.07, 6.45) is 1.61. The molecule has 0 fully saturated rings. The third kappa shape index (κ3) is 3.45. The van der Waals surface area contributed by atoms with Gasteiger partial charge < -0.3 is 5.11 Å². The smallest absolute Gasteiger partial charge is 0.335 e. The zero-order valence-corrected chi connectivity index (χ0v) is 11.2. The number of pyridine rings is 1. The molecule has 6 heteroatoms. The molecule has 0 aliphatic carbocycles. The average Bonchev–Trinajstić information content (AvgIpc) is 2.39. The molecule has 0 saturated carbocycles. The van der Waals surface area contributed by atoms with E-state index in [2.05, 4.69) is 4.98 Å². The first-order valence-electron chi connectivity index (χ1n) is 5.33. The van der Waals surface area contributed by atoms with Crippen LogP contribution in [0.5, 0.6) is 0 Å². The van der Waals surface area contributed by atoms with Crippen LogP contribution in [0.1, 0.15) is 15.9 Å². The fourth-order valence-electron chi connectivity index (χ4n) is 1.42. The molecule has 0 atom stereocenters. The van der Waals surface area contributed by atoms with Gasteiger partial charge in [-0.05, 0) is 29.8 Å². The molecular formula is C13H9ClFNO2S. The van der Waals surface area contributed by atoms with Gasteiger partial charge in [-0.2, -0.15) is 0 Å². The van der Waals surface area contributed by atoms with Crippen molar-refractivity contribution in [1.82, 2.24) is 4.98 Å². The minimum absolute atomic E-state index is 0.0675. The van der Waals surface area contributed by atoms with E-state index < -0.39 is 11.8 Å². The predicted octanol–water partition coefficient (Wildman–Crippen LogP) is 3.86. The minimum Gasteiger partial charge on any atom is -0.478 e. The van der Waals surface area contributed by atoms with Gasteiger partial charge in [-0.3, -0.25) is 0 Å². The van der Waals surface area contributed by atoms with Crippen molar-refractivity contribution < 1.29 is 14.3 Å². The highest BCUT2D eigenvalue weighted by molar-refractivity contribution is 7.98. The number of nitrogens with zero attached hydrogens (tertiary/aromatic N) is 1. The van der Waals surface area contributed by atoms with E-state index in [4.69, 9.17) is 16.7 Å². The van der Waals surface area contributed by atoms with Gasteiger partial charge >= 0.3 is 5.97 Å². The Morgan fingerprint density at radius 1 is 1.42 bits per heavy atom. The molecule has 3 nitrogen and oxygen atoms in total. The first-order chi connectivity index (χ1) is 9.08. The quantitative estimate of drug-likeness (QED) is 0.871. The fourth-order valence-corrected chi connectivity index (χ4v) is 2.57. The summed E-state index contributed by atoms with van der Waals surface area (Å²) in [5.74, 6) is -1.35. The summed E-state index contributed by atoms with van der Waals surface area (Å²) in [4.78, 5) is 14.8. The first-order valence-corrected chi connectivity index (χ1v) is 6.69. The van der Waals surface area contributed by atoms with Gasteiger partial charge in [0.15, 0.2) is 0 Å². The highest BCUT2D eigenvalue weighted by atomic mass is 35.5. The van der Waals surface area contributed by atoms with Crippen LogP contribution in [-0.2, 0) is 5.75 Å². The van der Waals surface area contributed by atoms with Crippen molar-refractivity contribution in [1.29, 1.82) is 0 Å². The van der Waals surface area contributed by atoms with Crippen LogP contribution < -0.4 is 0 Å². The lowest BCUT2D eigenvalue weighted by Gasteiger charge is -2.05. The molecule has 0 amide bonds. The van der Waals surface area contributed by atoms with Crippen molar-refractivity contribution in [3.05, 3.63) is 58.5 Å². The molecule has 1 aromatic carbocycles. The van der Waals surface area contributed by atoms with Gasteiger partial charge in [0.25, 0.3) is 0 Å². The Labute approximate surface area is 118 Å². The molecule has 2 aromatic rings. The zero-order valence-electron chi connectivity index (χ0n) is 9.64. The SMILES string of the molecule is O=C(O)c1ccc(CSc2ncccc2Cl)c(F)c1.